The van der Waals surface area contributed by atoms with Gasteiger partial charge in [0.2, 0.25) is 0 Å². The van der Waals surface area contributed by atoms with Gasteiger partial charge in [-0.2, -0.15) is 13.2 Å². The smallest absolute Gasteiger partial charge is 0.380 e. The number of nitrogens with one attached hydrogen (secondary N) is 1. The van der Waals surface area contributed by atoms with Gasteiger partial charge in [0.25, 0.3) is 0 Å². The second kappa shape index (κ2) is 5.73. The van der Waals surface area contributed by atoms with Gasteiger partial charge in [0.05, 0.1) is 9.90 Å². The molecule has 2 rings (SSSR count). The van der Waals surface area contributed by atoms with E-state index >= 15 is 0 Å². The van der Waals surface area contributed by atoms with Gasteiger partial charge in [0.15, 0.2) is 0 Å². The third kappa shape index (κ3) is 3.87. The zero-order valence-electron chi connectivity index (χ0n) is 9.39. The fourth-order valence-electron chi connectivity index (χ4n) is 1.49. The molecule has 0 spiro atoms. The van der Waals surface area contributed by atoms with Crippen LogP contribution in [0.4, 0.5) is 18.9 Å². The summed E-state index contributed by atoms with van der Waals surface area (Å²) in [6.07, 6.45) is -4.37. The van der Waals surface area contributed by atoms with Crippen LogP contribution in [0.3, 0.4) is 0 Å². The Kier molecular flexibility index (Phi) is 4.43. The maximum atomic E-state index is 12.7. The summed E-state index contributed by atoms with van der Waals surface area (Å²) in [5.41, 5.74) is -0.276. The van der Waals surface area contributed by atoms with Crippen LogP contribution in [0.15, 0.2) is 34.8 Å². The fraction of sp³-hybridized carbons (Fsp3) is 0.167. The summed E-state index contributed by atoms with van der Waals surface area (Å²) in [4.78, 5) is 0.960. The van der Waals surface area contributed by atoms with Crippen molar-refractivity contribution in [3.8, 4) is 0 Å². The molecule has 1 aromatic heterocycles. The van der Waals surface area contributed by atoms with Crippen LogP contribution in [0.1, 0.15) is 10.4 Å². The standard InChI is InChI=1S/C12H8BrClF3NS/c13-10-3-1-7(5-9(10)12(15,16)17)18-6-8-2-4-11(14)19-8/h1-5,18H,6H2. The number of thiophene rings is 1. The zero-order valence-corrected chi connectivity index (χ0v) is 12.6. The highest BCUT2D eigenvalue weighted by atomic mass is 79.9. The van der Waals surface area contributed by atoms with Crippen molar-refractivity contribution in [3.63, 3.8) is 0 Å². The summed E-state index contributed by atoms with van der Waals surface area (Å²) in [6, 6.07) is 7.65. The predicted molar refractivity (Wildman–Crippen MR) is 75.8 cm³/mol. The predicted octanol–water partition coefficient (Wildman–Crippen LogP) is 5.79. The molecule has 0 radical (unpaired) electrons. The number of rotatable bonds is 3. The van der Waals surface area contributed by atoms with Gasteiger partial charge in [-0.15, -0.1) is 11.3 Å². The van der Waals surface area contributed by atoms with Crippen molar-refractivity contribution in [2.24, 2.45) is 0 Å². The molecule has 1 aromatic carbocycles. The van der Waals surface area contributed by atoms with E-state index in [1.54, 1.807) is 12.1 Å². The molecule has 2 aromatic rings. The lowest BCUT2D eigenvalue weighted by atomic mass is 10.2. The summed E-state index contributed by atoms with van der Waals surface area (Å²) < 4.78 is 38.9. The number of benzene rings is 1. The minimum absolute atomic E-state index is 0.0321. The van der Waals surface area contributed by atoms with Crippen LogP contribution in [-0.2, 0) is 12.7 Å². The van der Waals surface area contributed by atoms with Crippen LogP contribution in [0.2, 0.25) is 4.34 Å². The van der Waals surface area contributed by atoms with Gasteiger partial charge in [-0.25, -0.2) is 0 Å². The normalized spacial score (nSPS) is 11.6. The van der Waals surface area contributed by atoms with Crippen LogP contribution in [0.25, 0.3) is 0 Å². The fourth-order valence-corrected chi connectivity index (χ4v) is 2.99. The van der Waals surface area contributed by atoms with Gasteiger partial charge in [-0.3, -0.25) is 0 Å². The minimum Gasteiger partial charge on any atom is -0.380 e. The Morgan fingerprint density at radius 1 is 1.21 bits per heavy atom. The highest BCUT2D eigenvalue weighted by molar-refractivity contribution is 9.10. The number of hydrogen-bond donors (Lipinski definition) is 1. The van der Waals surface area contributed by atoms with Gasteiger partial charge in [-0.1, -0.05) is 27.5 Å². The molecule has 0 aliphatic heterocycles. The van der Waals surface area contributed by atoms with Crippen LogP contribution >= 0.6 is 38.9 Å². The molecule has 0 saturated carbocycles. The van der Waals surface area contributed by atoms with Crippen molar-refractivity contribution in [1.29, 1.82) is 0 Å². The molecule has 0 saturated heterocycles. The van der Waals surface area contributed by atoms with Crippen molar-refractivity contribution >= 4 is 44.6 Å². The maximum Gasteiger partial charge on any atom is 0.417 e. The maximum absolute atomic E-state index is 12.7. The van der Waals surface area contributed by atoms with Crippen LogP contribution in [0, 0.1) is 0 Å². The molecule has 0 fully saturated rings. The molecular weight excluding hydrogens is 363 g/mol. The molecule has 0 bridgehead atoms. The monoisotopic (exact) mass is 369 g/mol. The Hall–Kier alpha value is -0.720. The van der Waals surface area contributed by atoms with Crippen molar-refractivity contribution < 1.29 is 13.2 Å². The largest absolute Gasteiger partial charge is 0.417 e. The number of hydrogen-bond acceptors (Lipinski definition) is 2. The molecule has 0 aliphatic carbocycles. The van der Waals surface area contributed by atoms with E-state index in [4.69, 9.17) is 11.6 Å². The Balaban J connectivity index is 2.13. The Labute approximate surface area is 125 Å². The van der Waals surface area contributed by atoms with Gasteiger partial charge in [0, 0.05) is 21.6 Å². The van der Waals surface area contributed by atoms with E-state index in [0.717, 1.165) is 10.9 Å². The summed E-state index contributed by atoms with van der Waals surface area (Å²) in [7, 11) is 0. The van der Waals surface area contributed by atoms with Crippen LogP contribution in [0.5, 0.6) is 0 Å². The van der Waals surface area contributed by atoms with Crippen LogP contribution in [-0.4, -0.2) is 0 Å². The Morgan fingerprint density at radius 3 is 2.53 bits per heavy atom. The van der Waals surface area contributed by atoms with Gasteiger partial charge in [0.1, 0.15) is 0 Å². The molecular formula is C12H8BrClF3NS. The van der Waals surface area contributed by atoms with Crippen molar-refractivity contribution in [1.82, 2.24) is 0 Å². The molecule has 0 atom stereocenters. The van der Waals surface area contributed by atoms with E-state index in [1.165, 1.54) is 17.4 Å². The van der Waals surface area contributed by atoms with Crippen molar-refractivity contribution in [3.05, 3.63) is 49.6 Å². The highest BCUT2D eigenvalue weighted by Gasteiger charge is 2.33. The van der Waals surface area contributed by atoms with E-state index in [9.17, 15) is 13.2 Å². The first-order chi connectivity index (χ1) is 8.86. The molecule has 7 heteroatoms. The second-order valence-corrected chi connectivity index (χ2v) is 6.41. The first-order valence-electron chi connectivity index (χ1n) is 5.21. The molecule has 1 heterocycles. The third-order valence-electron chi connectivity index (χ3n) is 2.37. The molecule has 102 valence electrons. The number of halogens is 5. The van der Waals surface area contributed by atoms with Crippen molar-refractivity contribution in [2.75, 3.05) is 5.32 Å². The van der Waals surface area contributed by atoms with E-state index in [0.29, 0.717) is 16.6 Å². The Morgan fingerprint density at radius 2 is 1.95 bits per heavy atom. The molecule has 0 amide bonds. The second-order valence-electron chi connectivity index (χ2n) is 3.75. The summed E-state index contributed by atoms with van der Waals surface area (Å²) >= 11 is 10.1. The van der Waals surface area contributed by atoms with E-state index in [1.807, 2.05) is 6.07 Å². The lowest BCUT2D eigenvalue weighted by Gasteiger charge is -2.12. The highest BCUT2D eigenvalue weighted by Crippen LogP contribution is 2.36. The van der Waals surface area contributed by atoms with Crippen LogP contribution < -0.4 is 5.32 Å². The lowest BCUT2D eigenvalue weighted by molar-refractivity contribution is -0.138. The molecule has 1 nitrogen and oxygen atoms in total. The topological polar surface area (TPSA) is 12.0 Å². The van der Waals surface area contributed by atoms with E-state index < -0.39 is 11.7 Å². The number of alkyl halides is 3. The van der Waals surface area contributed by atoms with E-state index in [2.05, 4.69) is 21.2 Å². The molecule has 0 unspecified atom stereocenters. The average Bonchev–Trinajstić information content (AvgIpc) is 2.72. The Bertz CT molecular complexity index is 583. The van der Waals surface area contributed by atoms with Gasteiger partial charge in [-0.05, 0) is 30.3 Å². The number of anilines is 1. The first kappa shape index (κ1) is 14.7. The summed E-state index contributed by atoms with van der Waals surface area (Å²) in [6.45, 7) is 0.441. The quantitative estimate of drug-likeness (QED) is 0.720. The van der Waals surface area contributed by atoms with Gasteiger partial charge >= 0.3 is 6.18 Å². The third-order valence-corrected chi connectivity index (χ3v) is 4.29. The minimum atomic E-state index is -4.37. The lowest BCUT2D eigenvalue weighted by Crippen LogP contribution is -2.07. The molecule has 19 heavy (non-hydrogen) atoms. The first-order valence-corrected chi connectivity index (χ1v) is 7.20. The molecule has 0 aliphatic rings. The average molecular weight is 371 g/mol. The zero-order chi connectivity index (χ0) is 14.0. The SMILES string of the molecule is FC(F)(F)c1cc(NCc2ccc(Cl)s2)ccc1Br. The summed E-state index contributed by atoms with van der Waals surface area (Å²) in [5, 5.41) is 2.94. The summed E-state index contributed by atoms with van der Waals surface area (Å²) in [5.74, 6) is 0. The van der Waals surface area contributed by atoms with Crippen molar-refractivity contribution in [2.45, 2.75) is 12.7 Å². The van der Waals surface area contributed by atoms with Gasteiger partial charge < -0.3 is 5.32 Å². The molecule has 1 N–H and O–H groups in total. The van der Waals surface area contributed by atoms with E-state index in [-0.39, 0.29) is 4.47 Å².